The van der Waals surface area contributed by atoms with Crippen molar-refractivity contribution in [1.82, 2.24) is 26.4 Å². The van der Waals surface area contributed by atoms with Crippen LogP contribution in [0.25, 0.3) is 15.8 Å². The largest absolute Gasteiger partial charge is 0.507 e. The molecule has 2 saturated heterocycles. The molecule has 3 aliphatic heterocycles. The van der Waals surface area contributed by atoms with Crippen LogP contribution in [0.5, 0.6) is 5.75 Å². The van der Waals surface area contributed by atoms with E-state index in [0.717, 1.165) is 52.4 Å². The summed E-state index contributed by atoms with van der Waals surface area (Å²) < 4.78 is 1.10. The van der Waals surface area contributed by atoms with Crippen LogP contribution in [0.1, 0.15) is 25.3 Å². The van der Waals surface area contributed by atoms with E-state index in [9.17, 15) is 5.11 Å². The first-order valence-corrected chi connectivity index (χ1v) is 10.9. The number of hydrogen-bond acceptors (Lipinski definition) is 7. The van der Waals surface area contributed by atoms with Gasteiger partial charge in [-0.2, -0.15) is 0 Å². The third kappa shape index (κ3) is 3.23. The molecular formula is C21H27N5OS. The highest BCUT2D eigenvalue weighted by Crippen LogP contribution is 2.36. The van der Waals surface area contributed by atoms with E-state index in [0.29, 0.717) is 17.8 Å². The molecule has 2 aromatic rings. The summed E-state index contributed by atoms with van der Waals surface area (Å²) >= 11 is 1.64. The highest BCUT2D eigenvalue weighted by Gasteiger charge is 2.29. The molecule has 1 atom stereocenters. The molecule has 0 aliphatic carbocycles. The molecule has 7 heteroatoms. The normalized spacial score (nSPS) is 23.8. The molecule has 148 valence electrons. The van der Waals surface area contributed by atoms with Gasteiger partial charge in [0.1, 0.15) is 11.6 Å². The average molecular weight is 398 g/mol. The fourth-order valence-electron chi connectivity index (χ4n) is 4.35. The molecule has 1 aromatic heterocycles. The third-order valence-electron chi connectivity index (χ3n) is 6.04. The molecule has 0 radical (unpaired) electrons. The standard InChI is InChI=1S/C21H27N5OS/c1-13-9-19(23-14-3-2-7-26(12-14)15-10-22-11-15)24-25-20(13)17-4-5-18-16(21(17)27)6-8-28-18/h4-6,8-9,14-15,22-25,27H,2-3,7,10-12H2,1H3/t14-/m1/s1. The van der Waals surface area contributed by atoms with Crippen molar-refractivity contribution < 1.29 is 5.11 Å². The lowest BCUT2D eigenvalue weighted by Gasteiger charge is -2.43. The van der Waals surface area contributed by atoms with E-state index < -0.39 is 0 Å². The molecule has 0 unspecified atom stereocenters. The lowest BCUT2D eigenvalue weighted by Crippen LogP contribution is -2.61. The molecule has 0 spiro atoms. The van der Waals surface area contributed by atoms with E-state index in [1.165, 1.54) is 19.4 Å². The van der Waals surface area contributed by atoms with Crippen LogP contribution in [0.4, 0.5) is 0 Å². The maximum absolute atomic E-state index is 10.7. The molecular weight excluding hydrogens is 370 g/mol. The highest BCUT2D eigenvalue weighted by atomic mass is 32.1. The van der Waals surface area contributed by atoms with Gasteiger partial charge < -0.3 is 15.7 Å². The molecule has 0 bridgehead atoms. The van der Waals surface area contributed by atoms with E-state index in [1.807, 2.05) is 17.5 Å². The molecule has 4 heterocycles. The molecule has 5 rings (SSSR count). The first-order chi connectivity index (χ1) is 13.7. The van der Waals surface area contributed by atoms with Gasteiger partial charge in [0, 0.05) is 47.4 Å². The number of thiophene rings is 1. The topological polar surface area (TPSA) is 71.6 Å². The van der Waals surface area contributed by atoms with Crippen molar-refractivity contribution in [1.29, 1.82) is 0 Å². The Bertz CT molecular complexity index is 945. The predicted molar refractivity (Wildman–Crippen MR) is 115 cm³/mol. The van der Waals surface area contributed by atoms with Gasteiger partial charge in [-0.25, -0.2) is 0 Å². The number of aromatic hydroxyl groups is 1. The number of benzene rings is 1. The maximum Gasteiger partial charge on any atom is 0.133 e. The number of allylic oxidation sites excluding steroid dienone is 2. The molecule has 5 N–H and O–H groups in total. The first kappa shape index (κ1) is 17.8. The van der Waals surface area contributed by atoms with Crippen LogP contribution < -0.4 is 21.5 Å². The molecule has 1 aromatic carbocycles. The second-order valence-corrected chi connectivity index (χ2v) is 8.90. The van der Waals surface area contributed by atoms with Gasteiger partial charge in [0.2, 0.25) is 0 Å². The number of piperidine rings is 1. The summed E-state index contributed by atoms with van der Waals surface area (Å²) in [5.74, 6) is 1.33. The summed E-state index contributed by atoms with van der Waals surface area (Å²) in [6, 6.07) is 7.19. The number of nitrogens with zero attached hydrogens (tertiary/aromatic N) is 1. The van der Waals surface area contributed by atoms with Gasteiger partial charge in [0.25, 0.3) is 0 Å². The SMILES string of the molecule is CC1=C(c2ccc3sccc3c2O)NNC(N[C@@H]2CCCN(C3CNC3)C2)=C1. The van der Waals surface area contributed by atoms with Crippen molar-refractivity contribution >= 4 is 27.1 Å². The summed E-state index contributed by atoms with van der Waals surface area (Å²) in [5, 5.41) is 20.7. The zero-order chi connectivity index (χ0) is 19.1. The van der Waals surface area contributed by atoms with Crippen LogP contribution in [0.3, 0.4) is 0 Å². The number of nitrogens with one attached hydrogen (secondary N) is 4. The van der Waals surface area contributed by atoms with Gasteiger partial charge >= 0.3 is 0 Å². The number of phenolic OH excluding ortho intramolecular Hbond substituents is 1. The smallest absolute Gasteiger partial charge is 0.133 e. The quantitative estimate of drug-likeness (QED) is 0.545. The van der Waals surface area contributed by atoms with Gasteiger partial charge in [0.15, 0.2) is 0 Å². The van der Waals surface area contributed by atoms with Crippen LogP contribution in [0, 0.1) is 0 Å². The van der Waals surface area contributed by atoms with E-state index in [-0.39, 0.29) is 0 Å². The number of likely N-dealkylation sites (tertiary alicyclic amines) is 1. The van der Waals surface area contributed by atoms with Crippen molar-refractivity contribution in [3.63, 3.8) is 0 Å². The summed E-state index contributed by atoms with van der Waals surface area (Å²) in [6.45, 7) is 6.63. The van der Waals surface area contributed by atoms with E-state index in [2.05, 4.69) is 45.5 Å². The second-order valence-electron chi connectivity index (χ2n) is 7.95. The number of phenols is 1. The average Bonchev–Trinajstić information content (AvgIpc) is 3.12. The summed E-state index contributed by atoms with van der Waals surface area (Å²) in [4.78, 5) is 2.61. The Balaban J connectivity index is 1.33. The van der Waals surface area contributed by atoms with Gasteiger partial charge in [-0.1, -0.05) is 0 Å². The van der Waals surface area contributed by atoms with E-state index in [4.69, 9.17) is 0 Å². The van der Waals surface area contributed by atoms with Gasteiger partial charge in [-0.05, 0) is 61.5 Å². The van der Waals surface area contributed by atoms with Crippen molar-refractivity contribution in [3.05, 3.63) is 46.6 Å². The Morgan fingerprint density at radius 1 is 1.21 bits per heavy atom. The van der Waals surface area contributed by atoms with Crippen molar-refractivity contribution in [2.75, 3.05) is 26.2 Å². The molecule has 0 saturated carbocycles. The fourth-order valence-corrected chi connectivity index (χ4v) is 5.14. The van der Waals surface area contributed by atoms with Crippen LogP contribution in [0.2, 0.25) is 0 Å². The summed E-state index contributed by atoms with van der Waals surface area (Å²) in [7, 11) is 0. The number of rotatable bonds is 4. The second kappa shape index (κ2) is 7.31. The Morgan fingerprint density at radius 2 is 2.11 bits per heavy atom. The van der Waals surface area contributed by atoms with E-state index in [1.54, 1.807) is 11.3 Å². The number of hydrazine groups is 1. The lowest BCUT2D eigenvalue weighted by atomic mass is 10.0. The number of fused-ring (bicyclic) bond motifs is 1. The van der Waals surface area contributed by atoms with E-state index >= 15 is 0 Å². The minimum atomic E-state index is 0.337. The molecule has 0 amide bonds. The van der Waals surface area contributed by atoms with Crippen LogP contribution in [0.15, 0.2) is 41.0 Å². The van der Waals surface area contributed by atoms with Crippen LogP contribution >= 0.6 is 11.3 Å². The monoisotopic (exact) mass is 397 g/mol. The van der Waals surface area contributed by atoms with Gasteiger partial charge in [-0.15, -0.1) is 11.3 Å². The van der Waals surface area contributed by atoms with Crippen molar-refractivity contribution in [2.24, 2.45) is 0 Å². The van der Waals surface area contributed by atoms with Crippen LogP contribution in [-0.2, 0) is 0 Å². The zero-order valence-electron chi connectivity index (χ0n) is 16.1. The van der Waals surface area contributed by atoms with Gasteiger partial charge in [-0.3, -0.25) is 15.8 Å². The zero-order valence-corrected chi connectivity index (χ0v) is 16.9. The van der Waals surface area contributed by atoms with Crippen molar-refractivity contribution in [2.45, 2.75) is 31.8 Å². The van der Waals surface area contributed by atoms with Crippen molar-refractivity contribution in [3.8, 4) is 5.75 Å². The van der Waals surface area contributed by atoms with Crippen LogP contribution in [-0.4, -0.2) is 48.3 Å². The first-order valence-electron chi connectivity index (χ1n) is 10.0. The third-order valence-corrected chi connectivity index (χ3v) is 6.92. The maximum atomic E-state index is 10.7. The molecule has 2 fully saturated rings. The Labute approximate surface area is 169 Å². The molecule has 6 nitrogen and oxygen atoms in total. The Kier molecular flexibility index (Phi) is 4.66. The lowest BCUT2D eigenvalue weighted by molar-refractivity contribution is 0.104. The highest BCUT2D eigenvalue weighted by molar-refractivity contribution is 7.17. The minimum absolute atomic E-state index is 0.337. The van der Waals surface area contributed by atoms with Gasteiger partial charge in [0.05, 0.1) is 5.70 Å². The Hall–Kier alpha value is -2.22. The predicted octanol–water partition coefficient (Wildman–Crippen LogP) is 2.31. The molecule has 3 aliphatic rings. The molecule has 28 heavy (non-hydrogen) atoms. The number of hydrogen-bond donors (Lipinski definition) is 5. The Morgan fingerprint density at radius 3 is 2.89 bits per heavy atom. The fraction of sp³-hybridized carbons (Fsp3) is 0.429. The summed E-state index contributed by atoms with van der Waals surface area (Å²) in [6.07, 6.45) is 4.57. The summed E-state index contributed by atoms with van der Waals surface area (Å²) in [5.41, 5.74) is 9.43. The minimum Gasteiger partial charge on any atom is -0.507 e.